The fourth-order valence-electron chi connectivity index (χ4n) is 1.72. The molecule has 15 heavy (non-hydrogen) atoms. The van der Waals surface area contributed by atoms with Gasteiger partial charge in [-0.2, -0.15) is 5.26 Å². The van der Waals surface area contributed by atoms with Crippen molar-refractivity contribution in [3.05, 3.63) is 34.9 Å². The lowest BCUT2D eigenvalue weighted by Crippen LogP contribution is -1.90. The zero-order valence-corrected chi connectivity index (χ0v) is 8.21. The second-order valence-corrected chi connectivity index (χ2v) is 3.43. The van der Waals surface area contributed by atoms with Crippen LogP contribution in [-0.2, 0) is 6.42 Å². The molecule has 0 aliphatic heterocycles. The monoisotopic (exact) mass is 195 g/mol. The maximum Gasteiger partial charge on any atom is 0.163 e. The molecule has 0 bridgehead atoms. The number of carbonyl (C=O) groups is 1. The van der Waals surface area contributed by atoms with E-state index in [1.54, 1.807) is 0 Å². The summed E-state index contributed by atoms with van der Waals surface area (Å²) in [6.07, 6.45) is 1.68. The minimum Gasteiger partial charge on any atom is -0.294 e. The Morgan fingerprint density at radius 2 is 2.20 bits per heavy atom. The van der Waals surface area contributed by atoms with Crippen LogP contribution in [0.15, 0.2) is 18.2 Å². The van der Waals surface area contributed by atoms with Crippen LogP contribution < -0.4 is 0 Å². The third kappa shape index (κ3) is 1.90. The standard InChI is InChI=1S/C13H9NO/c14-8-2-1-3-10-4-6-12-11(9-10)5-7-13(12)15/h4,6,9H,2,5,7H2. The molecule has 1 aromatic carbocycles. The van der Waals surface area contributed by atoms with E-state index in [1.807, 2.05) is 24.3 Å². The fourth-order valence-corrected chi connectivity index (χ4v) is 1.72. The largest absolute Gasteiger partial charge is 0.294 e. The second kappa shape index (κ2) is 3.98. The van der Waals surface area contributed by atoms with Crippen molar-refractivity contribution in [3.63, 3.8) is 0 Å². The van der Waals surface area contributed by atoms with E-state index >= 15 is 0 Å². The van der Waals surface area contributed by atoms with Crippen LogP contribution in [0.4, 0.5) is 0 Å². The Morgan fingerprint density at radius 3 is 3.00 bits per heavy atom. The number of hydrogen-bond acceptors (Lipinski definition) is 2. The Bertz CT molecular complexity index is 512. The summed E-state index contributed by atoms with van der Waals surface area (Å²) in [5.41, 5.74) is 2.81. The van der Waals surface area contributed by atoms with Gasteiger partial charge >= 0.3 is 0 Å². The predicted octanol–water partition coefficient (Wildman–Crippen LogP) is 2.08. The van der Waals surface area contributed by atoms with Crippen LogP contribution in [0, 0.1) is 23.2 Å². The van der Waals surface area contributed by atoms with Gasteiger partial charge < -0.3 is 0 Å². The van der Waals surface area contributed by atoms with Crippen LogP contribution >= 0.6 is 0 Å². The summed E-state index contributed by atoms with van der Waals surface area (Å²) in [5.74, 6) is 5.89. The van der Waals surface area contributed by atoms with Crippen LogP contribution in [0.2, 0.25) is 0 Å². The minimum absolute atomic E-state index is 0.224. The molecule has 0 saturated heterocycles. The van der Waals surface area contributed by atoms with Gasteiger partial charge in [-0.15, -0.1) is 0 Å². The number of carbonyl (C=O) groups excluding carboxylic acids is 1. The Balaban J connectivity index is 2.29. The van der Waals surface area contributed by atoms with Crippen molar-refractivity contribution in [1.82, 2.24) is 0 Å². The van der Waals surface area contributed by atoms with Gasteiger partial charge in [0, 0.05) is 17.5 Å². The first-order valence-electron chi connectivity index (χ1n) is 4.83. The van der Waals surface area contributed by atoms with Crippen LogP contribution in [0.3, 0.4) is 0 Å². The molecule has 0 unspecified atom stereocenters. The maximum atomic E-state index is 11.4. The molecule has 1 aromatic rings. The average Bonchev–Trinajstić information content (AvgIpc) is 2.61. The first-order valence-corrected chi connectivity index (χ1v) is 4.83. The van der Waals surface area contributed by atoms with Crippen molar-refractivity contribution in [2.75, 3.05) is 0 Å². The summed E-state index contributed by atoms with van der Waals surface area (Å²) in [6.45, 7) is 0. The molecule has 2 rings (SSSR count). The van der Waals surface area contributed by atoms with Crippen molar-refractivity contribution >= 4 is 5.78 Å². The number of Topliss-reactive ketones (excluding diaryl/α,β-unsaturated/α-hetero) is 1. The molecular weight excluding hydrogens is 186 g/mol. The summed E-state index contributed by atoms with van der Waals surface area (Å²) in [7, 11) is 0. The first kappa shape index (κ1) is 9.49. The quantitative estimate of drug-likeness (QED) is 0.595. The van der Waals surface area contributed by atoms with Gasteiger partial charge in [0.2, 0.25) is 0 Å². The Hall–Kier alpha value is -2.06. The van der Waals surface area contributed by atoms with E-state index in [0.29, 0.717) is 6.42 Å². The normalized spacial score (nSPS) is 12.6. The van der Waals surface area contributed by atoms with Crippen LogP contribution in [0.5, 0.6) is 0 Å². The highest BCUT2D eigenvalue weighted by molar-refractivity contribution is 6.00. The lowest BCUT2D eigenvalue weighted by molar-refractivity contribution is 0.0994. The molecule has 1 aliphatic rings. The summed E-state index contributed by atoms with van der Waals surface area (Å²) >= 11 is 0. The van der Waals surface area contributed by atoms with Crippen molar-refractivity contribution < 1.29 is 4.79 Å². The minimum atomic E-state index is 0.224. The predicted molar refractivity (Wildman–Crippen MR) is 56.2 cm³/mol. The van der Waals surface area contributed by atoms with E-state index in [4.69, 9.17) is 5.26 Å². The average molecular weight is 195 g/mol. The summed E-state index contributed by atoms with van der Waals surface area (Å²) in [5, 5.41) is 8.34. The molecule has 72 valence electrons. The van der Waals surface area contributed by atoms with E-state index < -0.39 is 0 Å². The lowest BCUT2D eigenvalue weighted by atomic mass is 10.1. The lowest BCUT2D eigenvalue weighted by Gasteiger charge is -1.97. The zero-order valence-electron chi connectivity index (χ0n) is 8.21. The summed E-state index contributed by atoms with van der Waals surface area (Å²) in [6, 6.07) is 7.59. The Morgan fingerprint density at radius 1 is 1.33 bits per heavy atom. The van der Waals surface area contributed by atoms with Gasteiger partial charge in [0.05, 0.1) is 12.5 Å². The molecule has 0 heterocycles. The number of benzene rings is 1. The van der Waals surface area contributed by atoms with Crippen molar-refractivity contribution in [3.8, 4) is 17.9 Å². The van der Waals surface area contributed by atoms with E-state index in [9.17, 15) is 4.79 Å². The van der Waals surface area contributed by atoms with Gasteiger partial charge in [-0.3, -0.25) is 4.79 Å². The molecule has 2 heteroatoms. The molecule has 0 radical (unpaired) electrons. The van der Waals surface area contributed by atoms with Crippen molar-refractivity contribution in [2.45, 2.75) is 19.3 Å². The van der Waals surface area contributed by atoms with Crippen LogP contribution in [0.1, 0.15) is 34.3 Å². The summed E-state index contributed by atoms with van der Waals surface area (Å²) < 4.78 is 0. The number of rotatable bonds is 0. The molecule has 0 amide bonds. The third-order valence-electron chi connectivity index (χ3n) is 2.43. The van der Waals surface area contributed by atoms with Gasteiger partial charge in [0.1, 0.15) is 0 Å². The number of nitriles is 1. The van der Waals surface area contributed by atoms with Gasteiger partial charge in [0.25, 0.3) is 0 Å². The fraction of sp³-hybridized carbons (Fsp3) is 0.231. The molecule has 0 aromatic heterocycles. The highest BCUT2D eigenvalue weighted by atomic mass is 16.1. The van der Waals surface area contributed by atoms with E-state index in [-0.39, 0.29) is 12.2 Å². The molecular formula is C13H9NO. The number of ketones is 1. The highest BCUT2D eigenvalue weighted by Gasteiger charge is 2.18. The third-order valence-corrected chi connectivity index (χ3v) is 2.43. The zero-order chi connectivity index (χ0) is 10.7. The second-order valence-electron chi connectivity index (χ2n) is 3.43. The molecule has 0 spiro atoms. The highest BCUT2D eigenvalue weighted by Crippen LogP contribution is 2.22. The maximum absolute atomic E-state index is 11.4. The van der Waals surface area contributed by atoms with E-state index in [0.717, 1.165) is 23.1 Å². The molecule has 0 saturated carbocycles. The number of nitrogens with zero attached hydrogens (tertiary/aromatic N) is 1. The Kier molecular flexibility index (Phi) is 2.52. The van der Waals surface area contributed by atoms with Gasteiger partial charge in [-0.05, 0) is 30.2 Å². The van der Waals surface area contributed by atoms with Gasteiger partial charge in [-0.1, -0.05) is 11.8 Å². The molecule has 0 fully saturated rings. The molecule has 1 aliphatic carbocycles. The van der Waals surface area contributed by atoms with Gasteiger partial charge in [-0.25, -0.2) is 0 Å². The van der Waals surface area contributed by atoms with E-state index in [2.05, 4.69) is 11.8 Å². The number of fused-ring (bicyclic) bond motifs is 1. The van der Waals surface area contributed by atoms with E-state index in [1.165, 1.54) is 0 Å². The molecule has 0 N–H and O–H groups in total. The number of hydrogen-bond donors (Lipinski definition) is 0. The smallest absolute Gasteiger partial charge is 0.163 e. The van der Waals surface area contributed by atoms with Crippen LogP contribution in [0.25, 0.3) is 0 Å². The Labute approximate surface area is 88.5 Å². The van der Waals surface area contributed by atoms with Crippen molar-refractivity contribution in [2.24, 2.45) is 0 Å². The summed E-state index contributed by atoms with van der Waals surface area (Å²) in [4.78, 5) is 11.4. The SMILES string of the molecule is N#CCC#Cc1ccc2c(c1)CCC2=O. The topological polar surface area (TPSA) is 40.9 Å². The van der Waals surface area contributed by atoms with Gasteiger partial charge in [0.15, 0.2) is 5.78 Å². The van der Waals surface area contributed by atoms with Crippen molar-refractivity contribution in [1.29, 1.82) is 5.26 Å². The molecule has 2 nitrogen and oxygen atoms in total. The number of aryl methyl sites for hydroxylation is 1. The molecule has 0 atom stereocenters. The van der Waals surface area contributed by atoms with Crippen LogP contribution in [-0.4, -0.2) is 5.78 Å². The first-order chi connectivity index (χ1) is 7.31.